The Hall–Kier alpha value is -1.62. The number of Topliss-reactive ketones (excluding diaryl/α,β-unsaturated/α-hetero) is 1. The van der Waals surface area contributed by atoms with Gasteiger partial charge in [-0.2, -0.15) is 0 Å². The number of allylic oxidation sites excluding steroid dienone is 3. The van der Waals surface area contributed by atoms with Crippen LogP contribution < -0.4 is 11.1 Å². The van der Waals surface area contributed by atoms with Crippen molar-refractivity contribution in [3.05, 3.63) is 23.8 Å². The van der Waals surface area contributed by atoms with Gasteiger partial charge in [-0.15, -0.1) is 0 Å². The van der Waals surface area contributed by atoms with Gasteiger partial charge in [0, 0.05) is 33.3 Å². The van der Waals surface area contributed by atoms with Crippen molar-refractivity contribution < 1.29 is 33.3 Å². The summed E-state index contributed by atoms with van der Waals surface area (Å²) in [6.07, 6.45) is 11.3. The highest BCUT2D eigenvalue weighted by Gasteiger charge is 2.30. The number of carbonyl (C=O) groups is 2. The van der Waals surface area contributed by atoms with Crippen molar-refractivity contribution in [2.45, 2.75) is 64.1 Å². The summed E-state index contributed by atoms with van der Waals surface area (Å²) < 4.78 is 24.5. The molecule has 0 aromatic heterocycles. The second kappa shape index (κ2) is 21.6. The second-order valence-electron chi connectivity index (χ2n) is 8.49. The van der Waals surface area contributed by atoms with Crippen LogP contribution >= 0.6 is 0 Å². The summed E-state index contributed by atoms with van der Waals surface area (Å²) in [6.45, 7) is 7.24. The van der Waals surface area contributed by atoms with Crippen molar-refractivity contribution >= 4 is 11.8 Å². The van der Waals surface area contributed by atoms with Gasteiger partial charge in [0.1, 0.15) is 11.8 Å². The first kappa shape index (κ1) is 33.4. The number of methoxy groups -OCH3 is 4. The quantitative estimate of drug-likeness (QED) is 0.290. The van der Waals surface area contributed by atoms with E-state index in [4.69, 9.17) is 24.7 Å². The molecule has 0 bridgehead atoms. The Morgan fingerprint density at radius 1 is 1.09 bits per heavy atom. The summed E-state index contributed by atoms with van der Waals surface area (Å²) >= 11 is 0. The molecule has 1 aliphatic carbocycles. The van der Waals surface area contributed by atoms with Crippen LogP contribution in [0.15, 0.2) is 23.8 Å². The third-order valence-electron chi connectivity index (χ3n) is 5.80. The zero-order chi connectivity index (χ0) is 26.5. The maximum Gasteiger partial charge on any atom is 0.322 e. The molecular formula is C26H48N2O7. The second-order valence-corrected chi connectivity index (χ2v) is 8.49. The molecular weight excluding hydrogens is 452 g/mol. The van der Waals surface area contributed by atoms with E-state index < -0.39 is 6.04 Å². The number of hydrogen-bond acceptors (Lipinski definition) is 9. The molecule has 3 N–H and O–H groups in total. The van der Waals surface area contributed by atoms with E-state index in [9.17, 15) is 9.59 Å². The number of esters is 1. The van der Waals surface area contributed by atoms with Crippen LogP contribution in [-0.2, 0) is 33.3 Å². The minimum Gasteiger partial charge on any atom is -0.468 e. The Balaban J connectivity index is 0.000000506. The summed E-state index contributed by atoms with van der Waals surface area (Å²) in [4.78, 5) is 22.2. The Kier molecular flexibility index (Phi) is 20.6. The molecule has 0 radical (unpaired) electrons. The van der Waals surface area contributed by atoms with Gasteiger partial charge in [0.25, 0.3) is 0 Å². The number of ketones is 1. The Morgan fingerprint density at radius 2 is 1.74 bits per heavy atom. The van der Waals surface area contributed by atoms with Crippen molar-refractivity contribution in [2.75, 3.05) is 61.4 Å². The topological polar surface area (TPSA) is 118 Å². The third kappa shape index (κ3) is 15.9. The number of nitrogens with two attached hydrogens (primary N) is 1. The van der Waals surface area contributed by atoms with E-state index >= 15 is 0 Å². The van der Waals surface area contributed by atoms with Gasteiger partial charge in [0.05, 0.1) is 39.6 Å². The summed E-state index contributed by atoms with van der Waals surface area (Å²) in [5.41, 5.74) is 6.74. The summed E-state index contributed by atoms with van der Waals surface area (Å²) in [6, 6.07) is -0.164. The fourth-order valence-electron chi connectivity index (χ4n) is 3.63. The van der Waals surface area contributed by atoms with Crippen LogP contribution in [0.5, 0.6) is 0 Å². The molecule has 1 fully saturated rings. The van der Waals surface area contributed by atoms with E-state index in [0.29, 0.717) is 38.9 Å². The molecule has 4 atom stereocenters. The molecule has 9 heteroatoms. The third-order valence-corrected chi connectivity index (χ3v) is 5.80. The first-order chi connectivity index (χ1) is 16.8. The molecule has 0 saturated carbocycles. The maximum absolute atomic E-state index is 11.2. The van der Waals surface area contributed by atoms with Crippen molar-refractivity contribution in [1.82, 2.24) is 5.32 Å². The smallest absolute Gasteiger partial charge is 0.322 e. The van der Waals surface area contributed by atoms with E-state index in [2.05, 4.69) is 22.2 Å². The standard InChI is InChI=1S/C10H19NO2.C10H15NO2.C6H14O3/c1-7(8(2)12)10(13-3)9-5-4-6-11-9;1-13-10(12)9(11)7-8-5-3-2-4-6-8;1-7-3-5-9-6-4-8-2/h7,9-11H,4-6H2,1-3H3;3,5-6,9H,2,4,7,11H2,1H3;3-6H2,1-2H3. The first-order valence-electron chi connectivity index (χ1n) is 12.3. The number of rotatable bonds is 13. The Labute approximate surface area is 211 Å². The molecule has 0 amide bonds. The van der Waals surface area contributed by atoms with Crippen LogP contribution in [-0.4, -0.2) is 91.4 Å². The fourth-order valence-corrected chi connectivity index (χ4v) is 3.63. The van der Waals surface area contributed by atoms with Crippen molar-refractivity contribution in [3.8, 4) is 0 Å². The molecule has 9 nitrogen and oxygen atoms in total. The van der Waals surface area contributed by atoms with Crippen LogP contribution in [0.2, 0.25) is 0 Å². The predicted molar refractivity (Wildman–Crippen MR) is 137 cm³/mol. The summed E-state index contributed by atoms with van der Waals surface area (Å²) in [7, 11) is 6.34. The molecule has 35 heavy (non-hydrogen) atoms. The van der Waals surface area contributed by atoms with Crippen LogP contribution in [0.1, 0.15) is 46.0 Å². The number of hydrogen-bond donors (Lipinski definition) is 2. The van der Waals surface area contributed by atoms with Gasteiger partial charge in [-0.25, -0.2) is 0 Å². The summed E-state index contributed by atoms with van der Waals surface area (Å²) in [5.74, 6) is -0.138. The van der Waals surface area contributed by atoms with Gasteiger partial charge >= 0.3 is 5.97 Å². The lowest BCUT2D eigenvalue weighted by molar-refractivity contribution is -0.142. The zero-order valence-electron chi connectivity index (χ0n) is 22.5. The molecule has 2 aliphatic rings. The highest BCUT2D eigenvalue weighted by atomic mass is 16.5. The molecule has 4 unspecified atom stereocenters. The number of nitrogens with one attached hydrogen (secondary N) is 1. The van der Waals surface area contributed by atoms with Crippen LogP contribution in [0.25, 0.3) is 0 Å². The Morgan fingerprint density at radius 3 is 2.17 bits per heavy atom. The van der Waals surface area contributed by atoms with E-state index in [1.807, 2.05) is 13.0 Å². The first-order valence-corrected chi connectivity index (χ1v) is 12.3. The molecule has 1 heterocycles. The van der Waals surface area contributed by atoms with Gasteiger partial charge < -0.3 is 34.7 Å². The summed E-state index contributed by atoms with van der Waals surface area (Å²) in [5, 5.41) is 3.37. The van der Waals surface area contributed by atoms with E-state index in [0.717, 1.165) is 31.4 Å². The molecule has 204 valence electrons. The highest BCUT2D eigenvalue weighted by Crippen LogP contribution is 2.19. The zero-order valence-corrected chi connectivity index (χ0v) is 22.5. The lowest BCUT2D eigenvalue weighted by atomic mass is 9.93. The predicted octanol–water partition coefficient (Wildman–Crippen LogP) is 2.43. The van der Waals surface area contributed by atoms with Gasteiger partial charge in [0.15, 0.2) is 0 Å². The molecule has 1 aliphatic heterocycles. The van der Waals surface area contributed by atoms with Gasteiger partial charge in [-0.3, -0.25) is 9.59 Å². The number of carbonyl (C=O) groups excluding carboxylic acids is 2. The normalized spacial score (nSPS) is 19.3. The van der Waals surface area contributed by atoms with Crippen molar-refractivity contribution in [2.24, 2.45) is 11.7 Å². The van der Waals surface area contributed by atoms with E-state index in [-0.39, 0.29) is 23.8 Å². The van der Waals surface area contributed by atoms with Crippen molar-refractivity contribution in [1.29, 1.82) is 0 Å². The molecule has 2 rings (SSSR count). The van der Waals surface area contributed by atoms with Crippen LogP contribution in [0.3, 0.4) is 0 Å². The van der Waals surface area contributed by atoms with Crippen molar-refractivity contribution in [3.63, 3.8) is 0 Å². The van der Waals surface area contributed by atoms with Crippen LogP contribution in [0, 0.1) is 5.92 Å². The largest absolute Gasteiger partial charge is 0.468 e. The minimum absolute atomic E-state index is 0.000556. The van der Waals surface area contributed by atoms with Crippen LogP contribution in [0.4, 0.5) is 0 Å². The fraction of sp³-hybridized carbons (Fsp3) is 0.769. The minimum atomic E-state index is -0.529. The average Bonchev–Trinajstić information content (AvgIpc) is 3.40. The van der Waals surface area contributed by atoms with E-state index in [1.165, 1.54) is 13.5 Å². The lowest BCUT2D eigenvalue weighted by Gasteiger charge is -2.26. The van der Waals surface area contributed by atoms with Gasteiger partial charge in [0.2, 0.25) is 0 Å². The molecule has 0 spiro atoms. The molecule has 1 saturated heterocycles. The highest BCUT2D eigenvalue weighted by molar-refractivity contribution is 5.78. The molecule has 0 aromatic rings. The SMILES string of the molecule is COC(=O)C(N)CC1=CCCC=C1.COC(C1CCCN1)C(C)C(C)=O.COCCOCCOC. The van der Waals surface area contributed by atoms with Gasteiger partial charge in [-0.05, 0) is 45.6 Å². The van der Waals surface area contributed by atoms with Gasteiger partial charge in [-0.1, -0.05) is 30.7 Å². The average molecular weight is 501 g/mol. The monoisotopic (exact) mass is 500 g/mol. The number of ether oxygens (including phenoxy) is 5. The molecule has 0 aromatic carbocycles. The maximum atomic E-state index is 11.2. The Bertz CT molecular complexity index is 613. The lowest BCUT2D eigenvalue weighted by Crippen LogP contribution is -2.42. The van der Waals surface area contributed by atoms with E-state index in [1.54, 1.807) is 28.3 Å².